The molecule has 0 bridgehead atoms. The summed E-state index contributed by atoms with van der Waals surface area (Å²) in [5.41, 5.74) is 2.25. The molecular weight excluding hydrogens is 392 g/mol. The standard InChI is InChI=1S/C22H23ClN2O2S/c1-14(2)10-11-24-19(26)13-28-21-20(15-6-4-3-5-7-15)17-12-16(23)8-9-18(17)25-22(21)27/h3-9,12,14H,10-11,13H2,1-2H3,(H,24,26)(H,25,27). The number of thioether (sulfide) groups is 1. The largest absolute Gasteiger partial charge is 0.355 e. The molecule has 146 valence electrons. The highest BCUT2D eigenvalue weighted by Gasteiger charge is 2.16. The second-order valence-electron chi connectivity index (χ2n) is 7.04. The van der Waals surface area contributed by atoms with Crippen molar-refractivity contribution in [2.45, 2.75) is 25.2 Å². The number of fused-ring (bicyclic) bond motifs is 1. The molecule has 0 aliphatic heterocycles. The van der Waals surface area contributed by atoms with Gasteiger partial charge >= 0.3 is 0 Å². The smallest absolute Gasteiger partial charge is 0.262 e. The number of rotatable bonds is 7. The van der Waals surface area contributed by atoms with Crippen LogP contribution in [0.25, 0.3) is 22.0 Å². The monoisotopic (exact) mass is 414 g/mol. The number of carbonyl (C=O) groups is 1. The van der Waals surface area contributed by atoms with Crippen LogP contribution in [-0.4, -0.2) is 23.2 Å². The first-order valence-corrected chi connectivity index (χ1v) is 10.6. The van der Waals surface area contributed by atoms with Crippen LogP contribution in [0.15, 0.2) is 58.2 Å². The Morgan fingerprint density at radius 1 is 1.18 bits per heavy atom. The van der Waals surface area contributed by atoms with Crippen LogP contribution in [0.2, 0.25) is 5.02 Å². The van der Waals surface area contributed by atoms with Gasteiger partial charge in [0.25, 0.3) is 5.56 Å². The van der Waals surface area contributed by atoms with E-state index in [1.54, 1.807) is 12.1 Å². The fraction of sp³-hybridized carbons (Fsp3) is 0.273. The Labute approximate surface area is 173 Å². The van der Waals surface area contributed by atoms with Gasteiger partial charge < -0.3 is 10.3 Å². The number of aromatic nitrogens is 1. The molecule has 2 N–H and O–H groups in total. The molecule has 0 aliphatic rings. The molecule has 0 radical (unpaired) electrons. The quantitative estimate of drug-likeness (QED) is 0.528. The molecule has 0 saturated carbocycles. The Kier molecular flexibility index (Phi) is 6.81. The highest BCUT2D eigenvalue weighted by atomic mass is 35.5. The van der Waals surface area contributed by atoms with Gasteiger partial charge in [0.1, 0.15) is 0 Å². The van der Waals surface area contributed by atoms with Gasteiger partial charge in [0, 0.05) is 28.0 Å². The maximum absolute atomic E-state index is 12.8. The molecular formula is C22H23ClN2O2S. The molecule has 1 heterocycles. The molecule has 1 amide bonds. The minimum atomic E-state index is -0.200. The van der Waals surface area contributed by atoms with Crippen LogP contribution in [0.4, 0.5) is 0 Å². The minimum absolute atomic E-state index is 0.0738. The second-order valence-corrected chi connectivity index (χ2v) is 8.46. The van der Waals surface area contributed by atoms with E-state index < -0.39 is 0 Å². The molecule has 3 rings (SSSR count). The molecule has 0 aliphatic carbocycles. The van der Waals surface area contributed by atoms with Crippen LogP contribution in [0.3, 0.4) is 0 Å². The van der Waals surface area contributed by atoms with Gasteiger partial charge in [-0.15, -0.1) is 11.8 Å². The first-order valence-electron chi connectivity index (χ1n) is 9.26. The van der Waals surface area contributed by atoms with Crippen molar-refractivity contribution in [2.24, 2.45) is 5.92 Å². The van der Waals surface area contributed by atoms with E-state index in [0.717, 1.165) is 28.5 Å². The number of H-pyrrole nitrogens is 1. The van der Waals surface area contributed by atoms with Gasteiger partial charge in [0.2, 0.25) is 5.91 Å². The predicted molar refractivity (Wildman–Crippen MR) is 118 cm³/mol. The summed E-state index contributed by atoms with van der Waals surface area (Å²) in [5, 5.41) is 4.37. The summed E-state index contributed by atoms with van der Waals surface area (Å²) in [6, 6.07) is 15.1. The van der Waals surface area contributed by atoms with E-state index in [4.69, 9.17) is 11.6 Å². The van der Waals surface area contributed by atoms with E-state index in [-0.39, 0.29) is 17.2 Å². The number of halogens is 1. The van der Waals surface area contributed by atoms with Crippen LogP contribution in [0.5, 0.6) is 0 Å². The maximum atomic E-state index is 12.8. The highest BCUT2D eigenvalue weighted by molar-refractivity contribution is 8.00. The first-order chi connectivity index (χ1) is 13.5. The molecule has 0 unspecified atom stereocenters. The second kappa shape index (κ2) is 9.30. The highest BCUT2D eigenvalue weighted by Crippen LogP contribution is 2.35. The molecule has 28 heavy (non-hydrogen) atoms. The third-order valence-corrected chi connectivity index (χ3v) is 5.71. The van der Waals surface area contributed by atoms with Gasteiger partial charge in [0.05, 0.1) is 10.6 Å². The molecule has 1 aromatic heterocycles. The molecule has 0 saturated heterocycles. The summed E-state index contributed by atoms with van der Waals surface area (Å²) < 4.78 is 0. The Bertz CT molecular complexity index is 1030. The normalized spacial score (nSPS) is 11.1. The van der Waals surface area contributed by atoms with Crippen molar-refractivity contribution in [3.05, 3.63) is 63.9 Å². The third-order valence-electron chi connectivity index (χ3n) is 4.39. The number of carbonyl (C=O) groups excluding carboxylic acids is 1. The zero-order valence-electron chi connectivity index (χ0n) is 15.9. The number of pyridine rings is 1. The van der Waals surface area contributed by atoms with E-state index in [9.17, 15) is 9.59 Å². The zero-order valence-corrected chi connectivity index (χ0v) is 17.5. The minimum Gasteiger partial charge on any atom is -0.355 e. The van der Waals surface area contributed by atoms with Gasteiger partial charge in [-0.2, -0.15) is 0 Å². The van der Waals surface area contributed by atoms with Crippen molar-refractivity contribution in [3.8, 4) is 11.1 Å². The molecule has 3 aromatic rings. The molecule has 0 fully saturated rings. The lowest BCUT2D eigenvalue weighted by molar-refractivity contribution is -0.118. The zero-order chi connectivity index (χ0) is 20.1. The SMILES string of the molecule is CC(C)CCNC(=O)CSc1c(-c2ccccc2)c2cc(Cl)ccc2[nH]c1=O. The molecule has 4 nitrogen and oxygen atoms in total. The summed E-state index contributed by atoms with van der Waals surface area (Å²) >= 11 is 7.47. The van der Waals surface area contributed by atoms with E-state index in [2.05, 4.69) is 24.1 Å². The summed E-state index contributed by atoms with van der Waals surface area (Å²) in [6.45, 7) is 4.88. The number of benzene rings is 2. The van der Waals surface area contributed by atoms with Gasteiger partial charge in [-0.05, 0) is 36.1 Å². The Morgan fingerprint density at radius 2 is 1.93 bits per heavy atom. The molecule has 6 heteroatoms. The molecule has 0 spiro atoms. The fourth-order valence-electron chi connectivity index (χ4n) is 2.97. The van der Waals surface area contributed by atoms with Crippen LogP contribution >= 0.6 is 23.4 Å². The van der Waals surface area contributed by atoms with E-state index in [1.807, 2.05) is 36.4 Å². The Morgan fingerprint density at radius 3 is 2.64 bits per heavy atom. The number of nitrogens with one attached hydrogen (secondary N) is 2. The van der Waals surface area contributed by atoms with Crippen LogP contribution in [0, 0.1) is 5.92 Å². The lowest BCUT2D eigenvalue weighted by Crippen LogP contribution is -2.27. The maximum Gasteiger partial charge on any atom is 0.262 e. The number of hydrogen-bond acceptors (Lipinski definition) is 3. The average molecular weight is 415 g/mol. The molecule has 2 aromatic carbocycles. The summed E-state index contributed by atoms with van der Waals surface area (Å²) in [6.07, 6.45) is 0.931. The summed E-state index contributed by atoms with van der Waals surface area (Å²) in [4.78, 5) is 28.4. The lowest BCUT2D eigenvalue weighted by Gasteiger charge is -2.13. The van der Waals surface area contributed by atoms with E-state index >= 15 is 0 Å². The van der Waals surface area contributed by atoms with Crippen LogP contribution in [-0.2, 0) is 4.79 Å². The third kappa shape index (κ3) is 4.97. The van der Waals surface area contributed by atoms with Crippen molar-refractivity contribution in [2.75, 3.05) is 12.3 Å². The Balaban J connectivity index is 1.96. The lowest BCUT2D eigenvalue weighted by atomic mass is 10.0. The topological polar surface area (TPSA) is 62.0 Å². The van der Waals surface area contributed by atoms with Crippen molar-refractivity contribution in [3.63, 3.8) is 0 Å². The van der Waals surface area contributed by atoms with Crippen molar-refractivity contribution >= 4 is 40.2 Å². The number of hydrogen-bond donors (Lipinski definition) is 2. The van der Waals surface area contributed by atoms with Crippen molar-refractivity contribution in [1.29, 1.82) is 0 Å². The number of amides is 1. The summed E-state index contributed by atoms with van der Waals surface area (Å²) in [7, 11) is 0. The van der Waals surface area contributed by atoms with Crippen LogP contribution in [0.1, 0.15) is 20.3 Å². The van der Waals surface area contributed by atoms with Crippen molar-refractivity contribution < 1.29 is 4.79 Å². The van der Waals surface area contributed by atoms with Gasteiger partial charge in [-0.1, -0.05) is 55.8 Å². The predicted octanol–water partition coefficient (Wildman–Crippen LogP) is 5.10. The van der Waals surface area contributed by atoms with Gasteiger partial charge in [-0.3, -0.25) is 9.59 Å². The van der Waals surface area contributed by atoms with Crippen molar-refractivity contribution in [1.82, 2.24) is 10.3 Å². The van der Waals surface area contributed by atoms with Gasteiger partial charge in [-0.25, -0.2) is 0 Å². The summed E-state index contributed by atoms with van der Waals surface area (Å²) in [5.74, 6) is 0.647. The Hall–Kier alpha value is -2.24. The van der Waals surface area contributed by atoms with E-state index in [0.29, 0.717) is 22.4 Å². The van der Waals surface area contributed by atoms with E-state index in [1.165, 1.54) is 11.8 Å². The first kappa shape index (κ1) is 20.5. The molecule has 0 atom stereocenters. The average Bonchev–Trinajstić information content (AvgIpc) is 2.66. The van der Waals surface area contributed by atoms with Gasteiger partial charge in [0.15, 0.2) is 0 Å². The van der Waals surface area contributed by atoms with Crippen LogP contribution < -0.4 is 10.9 Å². The number of aromatic amines is 1. The fourth-order valence-corrected chi connectivity index (χ4v) is 4.07.